The Morgan fingerprint density at radius 2 is 1.86 bits per heavy atom. The SMILES string of the molecule is Cc1cnc(Sc2ccc(CNCC(C)C)c(C)c2)nc1. The van der Waals surface area contributed by atoms with Crippen LogP contribution in [0.15, 0.2) is 40.6 Å². The van der Waals surface area contributed by atoms with E-state index in [1.165, 1.54) is 16.0 Å². The summed E-state index contributed by atoms with van der Waals surface area (Å²) in [6.45, 7) is 10.6. The van der Waals surface area contributed by atoms with Crippen LogP contribution >= 0.6 is 11.8 Å². The summed E-state index contributed by atoms with van der Waals surface area (Å²) in [5.41, 5.74) is 3.75. The molecule has 0 atom stereocenters. The maximum absolute atomic E-state index is 4.33. The summed E-state index contributed by atoms with van der Waals surface area (Å²) in [5.74, 6) is 0.679. The molecule has 0 radical (unpaired) electrons. The third kappa shape index (κ3) is 5.14. The fourth-order valence-corrected chi connectivity index (χ4v) is 2.76. The van der Waals surface area contributed by atoms with Crippen LogP contribution < -0.4 is 5.32 Å². The van der Waals surface area contributed by atoms with Crippen LogP contribution in [0.1, 0.15) is 30.5 Å². The minimum atomic E-state index is 0.679. The Hall–Kier alpha value is -1.39. The van der Waals surface area contributed by atoms with Gasteiger partial charge in [0.2, 0.25) is 0 Å². The second-order valence-corrected chi connectivity index (χ2v) is 6.80. The molecular weight excluding hydrogens is 278 g/mol. The summed E-state index contributed by atoms with van der Waals surface area (Å²) in [6.07, 6.45) is 3.71. The Morgan fingerprint density at radius 3 is 2.48 bits per heavy atom. The molecular formula is C17H23N3S. The zero-order valence-electron chi connectivity index (χ0n) is 13.2. The molecule has 112 valence electrons. The first kappa shape index (κ1) is 16.0. The van der Waals surface area contributed by atoms with E-state index in [-0.39, 0.29) is 0 Å². The quantitative estimate of drug-likeness (QED) is 0.819. The van der Waals surface area contributed by atoms with E-state index < -0.39 is 0 Å². The highest BCUT2D eigenvalue weighted by Crippen LogP contribution is 2.26. The average Bonchev–Trinajstić information content (AvgIpc) is 2.43. The first-order chi connectivity index (χ1) is 10.0. The first-order valence-electron chi connectivity index (χ1n) is 7.31. The van der Waals surface area contributed by atoms with Crippen LogP contribution in [0.3, 0.4) is 0 Å². The Balaban J connectivity index is 1.99. The number of aryl methyl sites for hydroxylation is 2. The minimum absolute atomic E-state index is 0.679. The third-order valence-electron chi connectivity index (χ3n) is 3.15. The van der Waals surface area contributed by atoms with Gasteiger partial charge >= 0.3 is 0 Å². The van der Waals surface area contributed by atoms with Gasteiger partial charge in [0, 0.05) is 23.8 Å². The van der Waals surface area contributed by atoms with Gasteiger partial charge in [0.05, 0.1) is 0 Å². The van der Waals surface area contributed by atoms with Crippen LogP contribution in [0, 0.1) is 19.8 Å². The van der Waals surface area contributed by atoms with Gasteiger partial charge in [-0.25, -0.2) is 9.97 Å². The maximum Gasteiger partial charge on any atom is 0.192 e. The van der Waals surface area contributed by atoms with Crippen LogP contribution in [0.5, 0.6) is 0 Å². The second kappa shape index (κ2) is 7.57. The van der Waals surface area contributed by atoms with Gasteiger partial charge in [0.1, 0.15) is 0 Å². The molecule has 1 N–H and O–H groups in total. The lowest BCUT2D eigenvalue weighted by Gasteiger charge is -2.11. The van der Waals surface area contributed by atoms with E-state index >= 15 is 0 Å². The van der Waals surface area contributed by atoms with Gasteiger partial charge in [-0.1, -0.05) is 19.9 Å². The Morgan fingerprint density at radius 1 is 1.14 bits per heavy atom. The number of nitrogens with zero attached hydrogens (tertiary/aromatic N) is 2. The third-order valence-corrected chi connectivity index (χ3v) is 4.03. The molecule has 2 aromatic rings. The van der Waals surface area contributed by atoms with Crippen LogP contribution in [0.4, 0.5) is 0 Å². The molecule has 0 bridgehead atoms. The van der Waals surface area contributed by atoms with Crippen molar-refractivity contribution in [3.05, 3.63) is 47.3 Å². The van der Waals surface area contributed by atoms with Crippen molar-refractivity contribution < 1.29 is 0 Å². The normalized spacial score (nSPS) is 11.1. The summed E-state index contributed by atoms with van der Waals surface area (Å²) >= 11 is 1.61. The molecule has 1 aromatic carbocycles. The molecule has 0 fully saturated rings. The Kier molecular flexibility index (Phi) is 5.76. The lowest BCUT2D eigenvalue weighted by molar-refractivity contribution is 0.551. The molecule has 0 spiro atoms. The Bertz CT molecular complexity index is 579. The number of hydrogen-bond donors (Lipinski definition) is 1. The zero-order chi connectivity index (χ0) is 15.2. The Labute approximate surface area is 131 Å². The van der Waals surface area contributed by atoms with Crippen LogP contribution in [-0.4, -0.2) is 16.5 Å². The summed E-state index contributed by atoms with van der Waals surface area (Å²) < 4.78 is 0. The minimum Gasteiger partial charge on any atom is -0.312 e. The van der Waals surface area contributed by atoms with Gasteiger partial charge in [-0.05, 0) is 66.9 Å². The van der Waals surface area contributed by atoms with Gasteiger partial charge < -0.3 is 5.32 Å². The molecule has 0 aliphatic heterocycles. The molecule has 1 heterocycles. The highest BCUT2D eigenvalue weighted by molar-refractivity contribution is 7.99. The molecule has 3 nitrogen and oxygen atoms in total. The van der Waals surface area contributed by atoms with Crippen LogP contribution in [-0.2, 0) is 6.54 Å². The first-order valence-corrected chi connectivity index (χ1v) is 8.13. The fourth-order valence-electron chi connectivity index (χ4n) is 1.96. The van der Waals surface area contributed by atoms with Gasteiger partial charge in [-0.3, -0.25) is 0 Å². The van der Waals surface area contributed by atoms with E-state index in [1.807, 2.05) is 19.3 Å². The molecule has 1 aromatic heterocycles. The number of benzene rings is 1. The largest absolute Gasteiger partial charge is 0.312 e. The highest BCUT2D eigenvalue weighted by atomic mass is 32.2. The predicted molar refractivity (Wildman–Crippen MR) is 88.6 cm³/mol. The smallest absolute Gasteiger partial charge is 0.192 e. The van der Waals surface area contributed by atoms with Crippen molar-refractivity contribution >= 4 is 11.8 Å². The van der Waals surface area contributed by atoms with Gasteiger partial charge in [-0.15, -0.1) is 0 Å². The topological polar surface area (TPSA) is 37.8 Å². The van der Waals surface area contributed by atoms with E-state index in [0.717, 1.165) is 23.8 Å². The molecule has 0 unspecified atom stereocenters. The average molecular weight is 301 g/mol. The van der Waals surface area contributed by atoms with E-state index in [0.29, 0.717) is 5.92 Å². The van der Waals surface area contributed by atoms with Crippen LogP contribution in [0.2, 0.25) is 0 Å². The molecule has 0 amide bonds. The lowest BCUT2D eigenvalue weighted by Crippen LogP contribution is -2.19. The number of nitrogens with one attached hydrogen (secondary N) is 1. The monoisotopic (exact) mass is 301 g/mol. The molecule has 21 heavy (non-hydrogen) atoms. The molecule has 0 aliphatic carbocycles. The van der Waals surface area contributed by atoms with Crippen molar-refractivity contribution in [3.63, 3.8) is 0 Å². The van der Waals surface area contributed by atoms with Crippen molar-refractivity contribution in [3.8, 4) is 0 Å². The van der Waals surface area contributed by atoms with Gasteiger partial charge in [-0.2, -0.15) is 0 Å². The van der Waals surface area contributed by atoms with Crippen molar-refractivity contribution in [1.82, 2.24) is 15.3 Å². The molecule has 0 aliphatic rings. The second-order valence-electron chi connectivity index (χ2n) is 5.76. The molecule has 0 saturated carbocycles. The summed E-state index contributed by atoms with van der Waals surface area (Å²) in [5, 5.41) is 4.28. The fraction of sp³-hybridized carbons (Fsp3) is 0.412. The van der Waals surface area contributed by atoms with Crippen molar-refractivity contribution in [2.45, 2.75) is 44.3 Å². The van der Waals surface area contributed by atoms with Gasteiger partial charge in [0.15, 0.2) is 5.16 Å². The van der Waals surface area contributed by atoms with Crippen molar-refractivity contribution in [2.75, 3.05) is 6.54 Å². The van der Waals surface area contributed by atoms with Gasteiger partial charge in [0.25, 0.3) is 0 Å². The number of hydrogen-bond acceptors (Lipinski definition) is 4. The van der Waals surface area contributed by atoms with E-state index in [1.54, 1.807) is 11.8 Å². The zero-order valence-corrected chi connectivity index (χ0v) is 14.0. The van der Waals surface area contributed by atoms with E-state index in [2.05, 4.69) is 54.3 Å². The summed E-state index contributed by atoms with van der Waals surface area (Å²) in [7, 11) is 0. The molecule has 0 saturated heterocycles. The van der Waals surface area contributed by atoms with Crippen LogP contribution in [0.25, 0.3) is 0 Å². The predicted octanol–water partition coefficient (Wildman–Crippen LogP) is 3.99. The van der Waals surface area contributed by atoms with E-state index in [9.17, 15) is 0 Å². The van der Waals surface area contributed by atoms with Crippen molar-refractivity contribution in [2.24, 2.45) is 5.92 Å². The standard InChI is InChI=1S/C17H23N3S/c1-12(2)8-18-11-15-5-6-16(7-14(15)4)21-17-19-9-13(3)10-20-17/h5-7,9-10,12,18H,8,11H2,1-4H3. The van der Waals surface area contributed by atoms with Crippen molar-refractivity contribution in [1.29, 1.82) is 0 Å². The summed E-state index contributed by atoms with van der Waals surface area (Å²) in [4.78, 5) is 9.85. The summed E-state index contributed by atoms with van der Waals surface area (Å²) in [6, 6.07) is 6.55. The molecule has 4 heteroatoms. The lowest BCUT2D eigenvalue weighted by atomic mass is 10.1. The molecule has 2 rings (SSSR count). The maximum atomic E-state index is 4.33. The number of aromatic nitrogens is 2. The number of rotatable bonds is 6. The highest BCUT2D eigenvalue weighted by Gasteiger charge is 2.04. The van der Waals surface area contributed by atoms with E-state index in [4.69, 9.17) is 0 Å².